The summed E-state index contributed by atoms with van der Waals surface area (Å²) in [5.74, 6) is 0.177. The van der Waals surface area contributed by atoms with Crippen molar-refractivity contribution < 1.29 is 9.59 Å². The standard InChI is InChI=1S/C15H19N3O2/c16-12-3-1-11(2-4-12)15(6-7-15)14(20)18-9-5-13(19)17-8-10-18/h1-4H,5-10,16H2,(H,17,19). The minimum Gasteiger partial charge on any atom is -0.399 e. The number of nitrogens with two attached hydrogens (primary N) is 1. The first-order valence-corrected chi connectivity index (χ1v) is 7.04. The molecule has 1 aromatic rings. The lowest BCUT2D eigenvalue weighted by molar-refractivity contribution is -0.133. The number of anilines is 1. The molecule has 1 saturated carbocycles. The monoisotopic (exact) mass is 273 g/mol. The van der Waals surface area contributed by atoms with E-state index in [1.54, 1.807) is 0 Å². The highest BCUT2D eigenvalue weighted by molar-refractivity contribution is 5.92. The second-order valence-electron chi connectivity index (χ2n) is 5.60. The van der Waals surface area contributed by atoms with Crippen LogP contribution < -0.4 is 11.1 Å². The van der Waals surface area contributed by atoms with Crippen LogP contribution in [0.5, 0.6) is 0 Å². The topological polar surface area (TPSA) is 75.4 Å². The van der Waals surface area contributed by atoms with Gasteiger partial charge in [-0.1, -0.05) is 12.1 Å². The van der Waals surface area contributed by atoms with Crippen LogP contribution in [0.2, 0.25) is 0 Å². The maximum atomic E-state index is 12.8. The van der Waals surface area contributed by atoms with Gasteiger partial charge in [-0.2, -0.15) is 0 Å². The van der Waals surface area contributed by atoms with Crippen LogP contribution in [-0.4, -0.2) is 36.3 Å². The first-order chi connectivity index (χ1) is 9.62. The Kier molecular flexibility index (Phi) is 3.12. The van der Waals surface area contributed by atoms with Crippen molar-refractivity contribution in [3.05, 3.63) is 29.8 Å². The third-order valence-corrected chi connectivity index (χ3v) is 4.22. The number of carbonyl (C=O) groups is 2. The van der Waals surface area contributed by atoms with Crippen LogP contribution in [0.4, 0.5) is 5.69 Å². The van der Waals surface area contributed by atoms with Crippen molar-refractivity contribution in [3.8, 4) is 0 Å². The molecule has 0 radical (unpaired) electrons. The number of rotatable bonds is 2. The summed E-state index contributed by atoms with van der Waals surface area (Å²) < 4.78 is 0. The third-order valence-electron chi connectivity index (χ3n) is 4.22. The molecule has 0 unspecified atom stereocenters. The van der Waals surface area contributed by atoms with Gasteiger partial charge in [-0.05, 0) is 30.5 Å². The molecule has 5 heteroatoms. The highest BCUT2D eigenvalue weighted by atomic mass is 16.2. The first kappa shape index (κ1) is 13.0. The van der Waals surface area contributed by atoms with Gasteiger partial charge in [0.2, 0.25) is 11.8 Å². The number of nitrogens with one attached hydrogen (secondary N) is 1. The van der Waals surface area contributed by atoms with E-state index in [1.165, 1.54) is 0 Å². The molecular formula is C15H19N3O2. The number of benzene rings is 1. The lowest BCUT2D eigenvalue weighted by Crippen LogP contribution is -2.41. The molecule has 1 aliphatic heterocycles. The number of nitrogen functional groups attached to an aromatic ring is 1. The summed E-state index contributed by atoms with van der Waals surface area (Å²) in [4.78, 5) is 26.0. The van der Waals surface area contributed by atoms with E-state index in [-0.39, 0.29) is 17.2 Å². The third kappa shape index (κ3) is 2.24. The largest absolute Gasteiger partial charge is 0.399 e. The van der Waals surface area contributed by atoms with Crippen molar-refractivity contribution >= 4 is 17.5 Å². The van der Waals surface area contributed by atoms with Gasteiger partial charge in [-0.25, -0.2) is 0 Å². The molecule has 1 aliphatic carbocycles. The number of hydrogen-bond acceptors (Lipinski definition) is 3. The van der Waals surface area contributed by atoms with E-state index < -0.39 is 0 Å². The Balaban J connectivity index is 1.79. The van der Waals surface area contributed by atoms with Crippen molar-refractivity contribution in [2.24, 2.45) is 0 Å². The number of amides is 2. The van der Waals surface area contributed by atoms with Crippen LogP contribution in [0, 0.1) is 0 Å². The van der Waals surface area contributed by atoms with Crippen molar-refractivity contribution in [1.82, 2.24) is 10.2 Å². The van der Waals surface area contributed by atoms with Gasteiger partial charge in [0.05, 0.1) is 5.41 Å². The van der Waals surface area contributed by atoms with Crippen LogP contribution >= 0.6 is 0 Å². The van der Waals surface area contributed by atoms with E-state index in [0.29, 0.717) is 31.7 Å². The van der Waals surface area contributed by atoms with Gasteiger partial charge in [0.25, 0.3) is 0 Å². The minimum absolute atomic E-state index is 0.0256. The Bertz CT molecular complexity index is 535. The molecule has 2 aliphatic rings. The molecule has 3 rings (SSSR count). The number of carbonyl (C=O) groups excluding carboxylic acids is 2. The second-order valence-corrected chi connectivity index (χ2v) is 5.60. The van der Waals surface area contributed by atoms with E-state index in [1.807, 2.05) is 29.2 Å². The van der Waals surface area contributed by atoms with E-state index in [0.717, 1.165) is 18.4 Å². The maximum Gasteiger partial charge on any atom is 0.233 e. The highest BCUT2D eigenvalue weighted by Gasteiger charge is 2.52. The quantitative estimate of drug-likeness (QED) is 0.777. The Morgan fingerprint density at radius 2 is 1.90 bits per heavy atom. The summed E-state index contributed by atoms with van der Waals surface area (Å²) in [5.41, 5.74) is 7.08. The van der Waals surface area contributed by atoms with Gasteiger partial charge in [0, 0.05) is 31.7 Å². The molecule has 1 saturated heterocycles. The lowest BCUT2D eigenvalue weighted by Gasteiger charge is -2.25. The van der Waals surface area contributed by atoms with Crippen molar-refractivity contribution in [2.75, 3.05) is 25.4 Å². The molecule has 1 heterocycles. The van der Waals surface area contributed by atoms with E-state index >= 15 is 0 Å². The van der Waals surface area contributed by atoms with Gasteiger partial charge >= 0.3 is 0 Å². The predicted octanol–water partition coefficient (Wildman–Crippen LogP) is 0.649. The fraction of sp³-hybridized carbons (Fsp3) is 0.467. The molecule has 3 N–H and O–H groups in total. The highest BCUT2D eigenvalue weighted by Crippen LogP contribution is 2.49. The molecule has 1 aromatic carbocycles. The smallest absolute Gasteiger partial charge is 0.233 e. The van der Waals surface area contributed by atoms with Crippen molar-refractivity contribution in [2.45, 2.75) is 24.7 Å². The van der Waals surface area contributed by atoms with E-state index in [2.05, 4.69) is 5.32 Å². The fourth-order valence-electron chi connectivity index (χ4n) is 2.83. The first-order valence-electron chi connectivity index (χ1n) is 7.04. The zero-order chi connectivity index (χ0) is 14.2. The molecule has 20 heavy (non-hydrogen) atoms. The zero-order valence-corrected chi connectivity index (χ0v) is 11.4. The van der Waals surface area contributed by atoms with E-state index in [4.69, 9.17) is 5.73 Å². The summed E-state index contributed by atoms with van der Waals surface area (Å²) >= 11 is 0. The Morgan fingerprint density at radius 3 is 2.55 bits per heavy atom. The fourth-order valence-corrected chi connectivity index (χ4v) is 2.83. The second kappa shape index (κ2) is 4.81. The molecular weight excluding hydrogens is 254 g/mol. The number of hydrogen-bond donors (Lipinski definition) is 2. The summed E-state index contributed by atoms with van der Waals surface area (Å²) in [6, 6.07) is 7.58. The average molecular weight is 273 g/mol. The van der Waals surface area contributed by atoms with Crippen molar-refractivity contribution in [1.29, 1.82) is 0 Å². The van der Waals surface area contributed by atoms with Gasteiger partial charge in [0.15, 0.2) is 0 Å². The SMILES string of the molecule is Nc1ccc(C2(C(=O)N3CCNC(=O)CC3)CC2)cc1. The van der Waals surface area contributed by atoms with E-state index in [9.17, 15) is 9.59 Å². The van der Waals surface area contributed by atoms with Gasteiger partial charge in [0.1, 0.15) is 0 Å². The Hall–Kier alpha value is -2.04. The Morgan fingerprint density at radius 1 is 1.20 bits per heavy atom. The summed E-state index contributed by atoms with van der Waals surface area (Å²) in [6.07, 6.45) is 2.16. The molecule has 2 amide bonds. The van der Waals surface area contributed by atoms with Gasteiger partial charge in [-0.3, -0.25) is 9.59 Å². The summed E-state index contributed by atoms with van der Waals surface area (Å²) in [5, 5.41) is 2.80. The zero-order valence-electron chi connectivity index (χ0n) is 11.4. The molecule has 0 aromatic heterocycles. The van der Waals surface area contributed by atoms with Gasteiger partial charge in [-0.15, -0.1) is 0 Å². The van der Waals surface area contributed by atoms with Crippen molar-refractivity contribution in [3.63, 3.8) is 0 Å². The molecule has 2 fully saturated rings. The summed E-state index contributed by atoms with van der Waals surface area (Å²) in [6.45, 7) is 1.66. The average Bonchev–Trinajstić information content (AvgIpc) is 3.24. The number of nitrogens with zero attached hydrogens (tertiary/aromatic N) is 1. The van der Waals surface area contributed by atoms with Crippen LogP contribution in [0.25, 0.3) is 0 Å². The van der Waals surface area contributed by atoms with Crippen LogP contribution in [0.3, 0.4) is 0 Å². The molecule has 106 valence electrons. The summed E-state index contributed by atoms with van der Waals surface area (Å²) in [7, 11) is 0. The molecule has 5 nitrogen and oxygen atoms in total. The maximum absolute atomic E-state index is 12.8. The van der Waals surface area contributed by atoms with Crippen LogP contribution in [-0.2, 0) is 15.0 Å². The van der Waals surface area contributed by atoms with Crippen LogP contribution in [0.1, 0.15) is 24.8 Å². The van der Waals surface area contributed by atoms with Crippen LogP contribution in [0.15, 0.2) is 24.3 Å². The predicted molar refractivity (Wildman–Crippen MR) is 76.0 cm³/mol. The minimum atomic E-state index is -0.374. The molecule has 0 spiro atoms. The van der Waals surface area contributed by atoms with Gasteiger partial charge < -0.3 is 16.0 Å². The normalized spacial score (nSPS) is 21.0. The molecule has 0 atom stereocenters. The Labute approximate surface area is 118 Å². The molecule has 0 bridgehead atoms. The lowest BCUT2D eigenvalue weighted by atomic mass is 9.94.